The van der Waals surface area contributed by atoms with Crippen molar-refractivity contribution in [3.8, 4) is 0 Å². The van der Waals surface area contributed by atoms with Gasteiger partial charge in [0.1, 0.15) is 5.82 Å². The van der Waals surface area contributed by atoms with Crippen molar-refractivity contribution in [2.75, 3.05) is 13.2 Å². The molecule has 2 rings (SSSR count). The van der Waals surface area contributed by atoms with Crippen LogP contribution in [0, 0.1) is 0 Å². The number of aromatic nitrogens is 2. The van der Waals surface area contributed by atoms with Gasteiger partial charge < -0.3 is 9.30 Å². The van der Waals surface area contributed by atoms with Crippen LogP contribution in [-0.2, 0) is 17.2 Å². The molecule has 3 nitrogen and oxygen atoms in total. The molecule has 0 saturated carbocycles. The van der Waals surface area contributed by atoms with E-state index in [-0.39, 0.29) is 0 Å². The van der Waals surface area contributed by atoms with Crippen LogP contribution < -0.4 is 0 Å². The zero-order chi connectivity index (χ0) is 14.4. The van der Waals surface area contributed by atoms with Crippen LogP contribution in [-0.4, -0.2) is 22.8 Å². The molecule has 0 amide bonds. The Labute approximate surface area is 129 Å². The Morgan fingerprint density at radius 2 is 2.05 bits per heavy atom. The highest BCUT2D eigenvalue weighted by Crippen LogP contribution is 2.22. The molecule has 5 heteroatoms. The molecule has 20 heavy (non-hydrogen) atoms. The molecule has 0 atom stereocenters. The van der Waals surface area contributed by atoms with Crippen molar-refractivity contribution in [3.05, 3.63) is 29.0 Å². The van der Waals surface area contributed by atoms with Crippen LogP contribution in [0.5, 0.6) is 0 Å². The van der Waals surface area contributed by atoms with E-state index in [0.717, 1.165) is 54.5 Å². The van der Waals surface area contributed by atoms with Gasteiger partial charge in [-0.25, -0.2) is 4.98 Å². The first-order chi connectivity index (χ1) is 9.76. The lowest BCUT2D eigenvalue weighted by molar-refractivity contribution is 0.126. The van der Waals surface area contributed by atoms with E-state index in [0.29, 0.717) is 5.88 Å². The number of nitrogens with zero attached hydrogens (tertiary/aromatic N) is 2. The first-order valence-corrected chi connectivity index (χ1v) is 7.96. The molecule has 110 valence electrons. The van der Waals surface area contributed by atoms with Gasteiger partial charge in [-0.1, -0.05) is 24.9 Å². The SMILES string of the molecule is CCCCOCCCn1c(CCl)nc2ccc(Cl)cc21. The van der Waals surface area contributed by atoms with Crippen LogP contribution in [0.3, 0.4) is 0 Å². The third-order valence-electron chi connectivity index (χ3n) is 3.22. The number of alkyl halides is 1. The lowest BCUT2D eigenvalue weighted by Gasteiger charge is -2.08. The topological polar surface area (TPSA) is 27.1 Å². The van der Waals surface area contributed by atoms with E-state index in [4.69, 9.17) is 27.9 Å². The van der Waals surface area contributed by atoms with Crippen molar-refractivity contribution >= 4 is 34.2 Å². The smallest absolute Gasteiger partial charge is 0.124 e. The standard InChI is InChI=1S/C15H20Cl2N2O/c1-2-3-8-20-9-4-7-19-14-10-12(17)5-6-13(14)18-15(19)11-16/h5-6,10H,2-4,7-9,11H2,1H3. The van der Waals surface area contributed by atoms with Crippen LogP contribution >= 0.6 is 23.2 Å². The number of halogens is 2. The number of fused-ring (bicyclic) bond motifs is 1. The van der Waals surface area contributed by atoms with Crippen molar-refractivity contribution in [1.82, 2.24) is 9.55 Å². The molecule has 0 aliphatic heterocycles. The van der Waals surface area contributed by atoms with Crippen molar-refractivity contribution in [2.45, 2.75) is 38.6 Å². The fourth-order valence-corrected chi connectivity index (χ4v) is 2.54. The normalized spacial score (nSPS) is 11.3. The molecule has 0 spiro atoms. The third-order valence-corrected chi connectivity index (χ3v) is 3.70. The van der Waals surface area contributed by atoms with Crippen LogP contribution in [0.2, 0.25) is 5.02 Å². The van der Waals surface area contributed by atoms with Crippen LogP contribution in [0.25, 0.3) is 11.0 Å². The summed E-state index contributed by atoms with van der Waals surface area (Å²) in [6.45, 7) is 4.62. The van der Waals surface area contributed by atoms with Gasteiger partial charge in [0, 0.05) is 24.8 Å². The fraction of sp³-hybridized carbons (Fsp3) is 0.533. The van der Waals surface area contributed by atoms with Gasteiger partial charge in [0.25, 0.3) is 0 Å². The second-order valence-electron chi connectivity index (χ2n) is 4.77. The minimum Gasteiger partial charge on any atom is -0.381 e. The zero-order valence-electron chi connectivity index (χ0n) is 11.7. The highest BCUT2D eigenvalue weighted by molar-refractivity contribution is 6.31. The Hall–Kier alpha value is -0.770. The van der Waals surface area contributed by atoms with Crippen LogP contribution in [0.15, 0.2) is 18.2 Å². The molecule has 0 radical (unpaired) electrons. The molecule has 1 aromatic carbocycles. The molecule has 1 heterocycles. The molecular weight excluding hydrogens is 295 g/mol. The van der Waals surface area contributed by atoms with E-state index in [1.165, 1.54) is 6.42 Å². The van der Waals surface area contributed by atoms with Crippen molar-refractivity contribution in [1.29, 1.82) is 0 Å². The number of benzene rings is 1. The van der Waals surface area contributed by atoms with Gasteiger partial charge in [0.2, 0.25) is 0 Å². The minimum atomic E-state index is 0.406. The number of hydrogen-bond donors (Lipinski definition) is 0. The van der Waals surface area contributed by atoms with Crippen molar-refractivity contribution < 1.29 is 4.74 Å². The van der Waals surface area contributed by atoms with Crippen molar-refractivity contribution in [3.63, 3.8) is 0 Å². The van der Waals surface area contributed by atoms with Crippen LogP contribution in [0.4, 0.5) is 0 Å². The molecule has 1 aromatic heterocycles. The van der Waals surface area contributed by atoms with Gasteiger partial charge in [-0.3, -0.25) is 0 Å². The Morgan fingerprint density at radius 1 is 1.25 bits per heavy atom. The van der Waals surface area contributed by atoms with Gasteiger partial charge >= 0.3 is 0 Å². The summed E-state index contributed by atoms with van der Waals surface area (Å²) in [5.41, 5.74) is 1.98. The summed E-state index contributed by atoms with van der Waals surface area (Å²) in [6, 6.07) is 5.73. The summed E-state index contributed by atoms with van der Waals surface area (Å²) in [6.07, 6.45) is 3.24. The Morgan fingerprint density at radius 3 is 2.80 bits per heavy atom. The summed E-state index contributed by atoms with van der Waals surface area (Å²) in [5.74, 6) is 1.29. The summed E-state index contributed by atoms with van der Waals surface area (Å²) < 4.78 is 7.73. The van der Waals surface area contributed by atoms with E-state index in [1.807, 2.05) is 18.2 Å². The molecule has 0 bridgehead atoms. The van der Waals surface area contributed by atoms with E-state index in [1.54, 1.807) is 0 Å². The maximum absolute atomic E-state index is 6.06. The third kappa shape index (κ3) is 3.87. The van der Waals surface area contributed by atoms with E-state index in [9.17, 15) is 0 Å². The first-order valence-electron chi connectivity index (χ1n) is 7.04. The minimum absolute atomic E-state index is 0.406. The molecule has 0 saturated heterocycles. The van der Waals surface area contributed by atoms with Gasteiger partial charge in [0.05, 0.1) is 16.9 Å². The van der Waals surface area contributed by atoms with Gasteiger partial charge in [-0.05, 0) is 31.0 Å². The fourth-order valence-electron chi connectivity index (χ4n) is 2.17. The summed E-state index contributed by atoms with van der Waals surface area (Å²) in [4.78, 5) is 4.53. The quantitative estimate of drug-likeness (QED) is 0.524. The Balaban J connectivity index is 2.02. The van der Waals surface area contributed by atoms with Crippen molar-refractivity contribution in [2.24, 2.45) is 0 Å². The molecule has 2 aromatic rings. The maximum atomic E-state index is 6.06. The number of hydrogen-bond acceptors (Lipinski definition) is 2. The predicted octanol–water partition coefficient (Wildman–Crippen LogP) is 4.64. The van der Waals surface area contributed by atoms with E-state index >= 15 is 0 Å². The summed E-state index contributed by atoms with van der Waals surface area (Å²) >= 11 is 12.0. The molecule has 0 aliphatic rings. The van der Waals surface area contributed by atoms with Gasteiger partial charge in [0.15, 0.2) is 0 Å². The molecule has 0 fully saturated rings. The zero-order valence-corrected chi connectivity index (χ0v) is 13.3. The Kier molecular flexibility index (Phi) is 6.14. The number of rotatable bonds is 8. The maximum Gasteiger partial charge on any atom is 0.124 e. The lowest BCUT2D eigenvalue weighted by Crippen LogP contribution is -2.06. The first kappa shape index (κ1) is 15.6. The number of ether oxygens (including phenoxy) is 1. The molecule has 0 unspecified atom stereocenters. The van der Waals surface area contributed by atoms with Gasteiger partial charge in [-0.15, -0.1) is 11.6 Å². The molecular formula is C15H20Cl2N2O. The lowest BCUT2D eigenvalue weighted by atomic mass is 10.3. The number of aryl methyl sites for hydroxylation is 1. The predicted molar refractivity (Wildman–Crippen MR) is 84.6 cm³/mol. The average molecular weight is 315 g/mol. The largest absolute Gasteiger partial charge is 0.381 e. The van der Waals surface area contributed by atoms with Crippen LogP contribution in [0.1, 0.15) is 32.0 Å². The summed E-state index contributed by atoms with van der Waals surface area (Å²) in [7, 11) is 0. The highest BCUT2D eigenvalue weighted by Gasteiger charge is 2.10. The Bertz CT molecular complexity index is 554. The second-order valence-corrected chi connectivity index (χ2v) is 5.47. The number of unbranched alkanes of at least 4 members (excludes halogenated alkanes) is 1. The average Bonchev–Trinajstić information content (AvgIpc) is 2.80. The monoisotopic (exact) mass is 314 g/mol. The summed E-state index contributed by atoms with van der Waals surface area (Å²) in [5, 5.41) is 0.721. The molecule has 0 N–H and O–H groups in total. The van der Waals surface area contributed by atoms with E-state index < -0.39 is 0 Å². The van der Waals surface area contributed by atoms with E-state index in [2.05, 4.69) is 16.5 Å². The number of imidazole rings is 1. The van der Waals surface area contributed by atoms with Gasteiger partial charge in [-0.2, -0.15) is 0 Å². The molecule has 0 aliphatic carbocycles. The highest BCUT2D eigenvalue weighted by atomic mass is 35.5. The second kappa shape index (κ2) is 7.87.